The third kappa shape index (κ3) is 1.69. The Morgan fingerprint density at radius 2 is 2.06 bits per heavy atom. The Morgan fingerprint density at radius 1 is 1.35 bits per heavy atom. The van der Waals surface area contributed by atoms with Crippen LogP contribution in [0.15, 0.2) is 16.8 Å². The molecule has 1 aromatic heterocycles. The summed E-state index contributed by atoms with van der Waals surface area (Å²) >= 11 is 0. The van der Waals surface area contributed by atoms with Crippen molar-refractivity contribution in [3.05, 3.63) is 23.4 Å². The number of nitrogens with zero attached hydrogens (tertiary/aromatic N) is 1. The fraction of sp³-hybridized carbons (Fsp3) is 0.250. The molecule has 17 heavy (non-hydrogen) atoms. The van der Waals surface area contributed by atoms with Crippen LogP contribution in [0.4, 0.5) is 5.88 Å². The third-order valence-corrected chi connectivity index (χ3v) is 2.71. The molecule has 0 saturated carbocycles. The van der Waals surface area contributed by atoms with Crippen LogP contribution in [0.3, 0.4) is 0 Å². The number of hydrogen-bond donors (Lipinski definition) is 2. The van der Waals surface area contributed by atoms with E-state index in [4.69, 9.17) is 15.0 Å². The van der Waals surface area contributed by atoms with E-state index in [-0.39, 0.29) is 11.6 Å². The van der Waals surface area contributed by atoms with Crippen LogP contribution in [0, 0.1) is 13.8 Å². The molecule has 0 radical (unpaired) electrons. The lowest BCUT2D eigenvalue weighted by atomic mass is 9.98. The largest absolute Gasteiger partial charge is 0.504 e. The highest BCUT2D eigenvalue weighted by Crippen LogP contribution is 2.43. The van der Waals surface area contributed by atoms with Gasteiger partial charge in [-0.3, -0.25) is 0 Å². The zero-order chi connectivity index (χ0) is 12.6. The number of methoxy groups -OCH3 is 1. The van der Waals surface area contributed by atoms with E-state index in [1.165, 1.54) is 13.3 Å². The Balaban J connectivity index is 2.74. The average Bonchev–Trinajstić information content (AvgIpc) is 2.65. The zero-order valence-electron chi connectivity index (χ0n) is 9.94. The first-order chi connectivity index (χ1) is 8.06. The van der Waals surface area contributed by atoms with E-state index < -0.39 is 0 Å². The Morgan fingerprint density at radius 3 is 2.59 bits per heavy atom. The van der Waals surface area contributed by atoms with E-state index in [2.05, 4.69) is 5.16 Å². The normalized spacial score (nSPS) is 10.5. The second-order valence-corrected chi connectivity index (χ2v) is 3.87. The molecule has 90 valence electrons. The van der Waals surface area contributed by atoms with E-state index >= 15 is 0 Å². The monoisotopic (exact) mass is 234 g/mol. The number of rotatable bonds is 2. The zero-order valence-corrected chi connectivity index (χ0v) is 9.94. The number of nitrogens with two attached hydrogens (primary N) is 1. The fourth-order valence-corrected chi connectivity index (χ4v) is 1.98. The summed E-state index contributed by atoms with van der Waals surface area (Å²) < 4.78 is 9.98. The minimum absolute atomic E-state index is 0.0555. The van der Waals surface area contributed by atoms with Crippen LogP contribution in [0.25, 0.3) is 11.1 Å². The molecule has 0 aliphatic heterocycles. The van der Waals surface area contributed by atoms with Crippen molar-refractivity contribution in [2.45, 2.75) is 13.8 Å². The molecule has 0 saturated heterocycles. The van der Waals surface area contributed by atoms with Gasteiger partial charge >= 0.3 is 0 Å². The van der Waals surface area contributed by atoms with Crippen molar-refractivity contribution in [3.63, 3.8) is 0 Å². The van der Waals surface area contributed by atoms with E-state index in [0.717, 1.165) is 11.1 Å². The summed E-state index contributed by atoms with van der Waals surface area (Å²) in [4.78, 5) is 0. The van der Waals surface area contributed by atoms with Crippen molar-refractivity contribution in [1.29, 1.82) is 0 Å². The Labute approximate surface area is 98.8 Å². The first-order valence-corrected chi connectivity index (χ1v) is 5.14. The van der Waals surface area contributed by atoms with Crippen molar-refractivity contribution in [3.8, 4) is 22.6 Å². The number of phenolic OH excluding ortho intramolecular Hbond substituents is 1. The van der Waals surface area contributed by atoms with Gasteiger partial charge in [0.1, 0.15) is 0 Å². The second kappa shape index (κ2) is 4.01. The molecule has 0 aliphatic rings. The molecule has 0 bridgehead atoms. The van der Waals surface area contributed by atoms with Gasteiger partial charge in [-0.1, -0.05) is 11.2 Å². The van der Waals surface area contributed by atoms with E-state index in [1.54, 1.807) is 0 Å². The Kier molecular flexibility index (Phi) is 2.67. The molecule has 2 rings (SSSR count). The number of nitrogen functional groups attached to an aromatic ring is 1. The predicted molar refractivity (Wildman–Crippen MR) is 64.0 cm³/mol. The highest BCUT2D eigenvalue weighted by molar-refractivity contribution is 5.82. The SMILES string of the molecule is COc1c(C)cc(C)c(-c2cnoc2N)c1O. The summed E-state index contributed by atoms with van der Waals surface area (Å²) in [6.45, 7) is 3.75. The van der Waals surface area contributed by atoms with Crippen molar-refractivity contribution in [2.24, 2.45) is 0 Å². The maximum atomic E-state index is 10.2. The summed E-state index contributed by atoms with van der Waals surface area (Å²) in [5.74, 6) is 0.667. The fourth-order valence-electron chi connectivity index (χ4n) is 1.98. The molecule has 2 aromatic rings. The maximum Gasteiger partial charge on any atom is 0.230 e. The molecule has 0 aliphatic carbocycles. The topological polar surface area (TPSA) is 81.5 Å². The lowest BCUT2D eigenvalue weighted by Gasteiger charge is -2.13. The molecular formula is C12H14N2O3. The number of aryl methyl sites for hydroxylation is 2. The van der Waals surface area contributed by atoms with Gasteiger partial charge in [-0.25, -0.2) is 0 Å². The molecule has 1 aromatic carbocycles. The number of hydrogen-bond acceptors (Lipinski definition) is 5. The summed E-state index contributed by atoms with van der Waals surface area (Å²) in [5, 5.41) is 13.8. The summed E-state index contributed by atoms with van der Waals surface area (Å²) in [6, 6.07) is 1.92. The van der Waals surface area contributed by atoms with Crippen LogP contribution in [0.1, 0.15) is 11.1 Å². The van der Waals surface area contributed by atoms with Gasteiger partial charge in [0, 0.05) is 5.56 Å². The van der Waals surface area contributed by atoms with Gasteiger partial charge in [0.05, 0.1) is 18.9 Å². The summed E-state index contributed by atoms with van der Waals surface area (Å²) in [7, 11) is 1.51. The van der Waals surface area contributed by atoms with Crippen LogP contribution in [0.5, 0.6) is 11.5 Å². The van der Waals surface area contributed by atoms with Crippen molar-refractivity contribution < 1.29 is 14.4 Å². The Hall–Kier alpha value is -2.17. The lowest BCUT2D eigenvalue weighted by molar-refractivity contribution is 0.371. The summed E-state index contributed by atoms with van der Waals surface area (Å²) in [5.41, 5.74) is 8.56. The Bertz CT molecular complexity index is 561. The molecule has 0 fully saturated rings. The molecular weight excluding hydrogens is 220 g/mol. The maximum absolute atomic E-state index is 10.2. The molecule has 5 nitrogen and oxygen atoms in total. The second-order valence-electron chi connectivity index (χ2n) is 3.87. The van der Waals surface area contributed by atoms with Crippen molar-refractivity contribution in [1.82, 2.24) is 5.16 Å². The molecule has 0 amide bonds. The molecule has 5 heteroatoms. The number of benzene rings is 1. The summed E-state index contributed by atoms with van der Waals surface area (Å²) in [6.07, 6.45) is 1.48. The van der Waals surface area contributed by atoms with Crippen LogP contribution >= 0.6 is 0 Å². The predicted octanol–water partition coefficient (Wildman–Crippen LogP) is 2.25. The first-order valence-electron chi connectivity index (χ1n) is 5.14. The average molecular weight is 234 g/mol. The molecule has 0 spiro atoms. The number of ether oxygens (including phenoxy) is 1. The van der Waals surface area contributed by atoms with E-state index in [0.29, 0.717) is 16.9 Å². The standard InChI is InChI=1S/C12H14N2O3/c1-6-4-7(2)11(16-3)10(15)9(6)8-5-14-17-12(8)13/h4-5,15H,13H2,1-3H3. The van der Waals surface area contributed by atoms with Crippen molar-refractivity contribution in [2.75, 3.05) is 12.8 Å². The van der Waals surface area contributed by atoms with Gasteiger partial charge in [0.15, 0.2) is 11.5 Å². The highest BCUT2D eigenvalue weighted by atomic mass is 16.5. The van der Waals surface area contributed by atoms with Gasteiger partial charge in [0.25, 0.3) is 0 Å². The van der Waals surface area contributed by atoms with Crippen LogP contribution in [-0.2, 0) is 0 Å². The molecule has 0 unspecified atom stereocenters. The minimum atomic E-state index is 0.0555. The number of aromatic nitrogens is 1. The number of aromatic hydroxyl groups is 1. The molecule has 3 N–H and O–H groups in total. The quantitative estimate of drug-likeness (QED) is 0.832. The van der Waals surface area contributed by atoms with Crippen LogP contribution in [-0.4, -0.2) is 17.4 Å². The van der Waals surface area contributed by atoms with Crippen LogP contribution in [0.2, 0.25) is 0 Å². The van der Waals surface area contributed by atoms with Gasteiger partial charge in [0.2, 0.25) is 5.88 Å². The first kappa shape index (κ1) is 11.3. The van der Waals surface area contributed by atoms with Crippen LogP contribution < -0.4 is 10.5 Å². The van der Waals surface area contributed by atoms with Crippen molar-refractivity contribution >= 4 is 5.88 Å². The highest BCUT2D eigenvalue weighted by Gasteiger charge is 2.19. The molecule has 1 heterocycles. The number of anilines is 1. The van der Waals surface area contributed by atoms with E-state index in [9.17, 15) is 5.11 Å². The lowest BCUT2D eigenvalue weighted by Crippen LogP contribution is -1.94. The van der Waals surface area contributed by atoms with Gasteiger partial charge in [-0.15, -0.1) is 0 Å². The molecule has 0 atom stereocenters. The van der Waals surface area contributed by atoms with E-state index in [1.807, 2.05) is 19.9 Å². The number of phenols is 1. The third-order valence-electron chi connectivity index (χ3n) is 2.71. The van der Waals surface area contributed by atoms with Gasteiger partial charge in [-0.2, -0.15) is 0 Å². The smallest absolute Gasteiger partial charge is 0.230 e. The minimum Gasteiger partial charge on any atom is -0.504 e. The van der Waals surface area contributed by atoms with Gasteiger partial charge < -0.3 is 20.1 Å². The van der Waals surface area contributed by atoms with Gasteiger partial charge in [-0.05, 0) is 25.0 Å².